The summed E-state index contributed by atoms with van der Waals surface area (Å²) >= 11 is 0. The zero-order chi connectivity index (χ0) is 20.2. The van der Waals surface area contributed by atoms with E-state index in [1.54, 1.807) is 58.9 Å². The Bertz CT molecular complexity index is 665. The van der Waals surface area contributed by atoms with Crippen molar-refractivity contribution in [1.82, 2.24) is 0 Å². The lowest BCUT2D eigenvalue weighted by Crippen LogP contribution is -2.22. The Kier molecular flexibility index (Phi) is 10.3. The van der Waals surface area contributed by atoms with Crippen molar-refractivity contribution in [2.45, 2.75) is 40.2 Å². The molecular formula is C20H27NO5. The molecule has 0 saturated heterocycles. The van der Waals surface area contributed by atoms with E-state index in [9.17, 15) is 14.4 Å². The number of nitrogens with two attached hydrogens (primary N) is 1. The van der Waals surface area contributed by atoms with Crippen molar-refractivity contribution < 1.29 is 23.9 Å². The highest BCUT2D eigenvalue weighted by molar-refractivity contribution is 5.90. The van der Waals surface area contributed by atoms with Crippen LogP contribution in [0.2, 0.25) is 0 Å². The smallest absolute Gasteiger partial charge is 0.332 e. The Hall–Kier alpha value is -2.89. The Morgan fingerprint density at radius 1 is 1.12 bits per heavy atom. The van der Waals surface area contributed by atoms with Crippen molar-refractivity contribution in [1.29, 1.82) is 0 Å². The van der Waals surface area contributed by atoms with Crippen LogP contribution in [-0.4, -0.2) is 30.4 Å². The van der Waals surface area contributed by atoms with Crippen molar-refractivity contribution in [3.05, 3.63) is 53.2 Å². The highest BCUT2D eigenvalue weighted by Crippen LogP contribution is 2.10. The van der Waals surface area contributed by atoms with E-state index in [0.717, 1.165) is 6.29 Å². The van der Waals surface area contributed by atoms with E-state index in [0.29, 0.717) is 23.4 Å². The van der Waals surface area contributed by atoms with Gasteiger partial charge in [-0.25, -0.2) is 9.59 Å². The molecule has 0 atom stereocenters. The predicted octanol–water partition coefficient (Wildman–Crippen LogP) is 3.27. The number of carbonyl (C=O) groups is 3. The van der Waals surface area contributed by atoms with Gasteiger partial charge in [-0.3, -0.25) is 4.79 Å². The summed E-state index contributed by atoms with van der Waals surface area (Å²) in [5.41, 5.74) is 6.39. The third kappa shape index (κ3) is 11.6. The van der Waals surface area contributed by atoms with E-state index >= 15 is 0 Å². The third-order valence-corrected chi connectivity index (χ3v) is 2.56. The number of carbonyl (C=O) groups excluding carboxylic acids is 3. The van der Waals surface area contributed by atoms with Gasteiger partial charge < -0.3 is 15.2 Å². The van der Waals surface area contributed by atoms with Gasteiger partial charge in [0.05, 0.1) is 6.61 Å². The maximum Gasteiger partial charge on any atom is 0.332 e. The summed E-state index contributed by atoms with van der Waals surface area (Å²) in [4.78, 5) is 32.7. The summed E-state index contributed by atoms with van der Waals surface area (Å²) in [6, 6.07) is 7.04. The number of ether oxygens (including phenoxy) is 2. The Labute approximate surface area is 154 Å². The average molecular weight is 361 g/mol. The number of aldehydes is 1. The first-order chi connectivity index (χ1) is 12.1. The monoisotopic (exact) mass is 361 g/mol. The fourth-order valence-electron chi connectivity index (χ4n) is 1.63. The topological polar surface area (TPSA) is 95.7 Å². The van der Waals surface area contributed by atoms with Gasteiger partial charge in [-0.1, -0.05) is 24.3 Å². The van der Waals surface area contributed by atoms with Gasteiger partial charge in [0, 0.05) is 23.4 Å². The van der Waals surface area contributed by atoms with Gasteiger partial charge in [-0.05, 0) is 46.3 Å². The minimum atomic E-state index is -0.508. The van der Waals surface area contributed by atoms with Gasteiger partial charge in [0.25, 0.3) is 0 Å². The molecule has 0 aliphatic heterocycles. The number of allylic oxidation sites excluding steroid dienone is 1. The summed E-state index contributed by atoms with van der Waals surface area (Å²) < 4.78 is 9.68. The second-order valence-electron chi connectivity index (χ2n) is 6.25. The molecule has 0 amide bonds. The van der Waals surface area contributed by atoms with Crippen molar-refractivity contribution in [2.75, 3.05) is 6.61 Å². The highest BCUT2D eigenvalue weighted by atomic mass is 16.6. The molecular weight excluding hydrogens is 334 g/mol. The van der Waals surface area contributed by atoms with Crippen LogP contribution in [0.5, 0.6) is 0 Å². The minimum absolute atomic E-state index is 0.377. The minimum Gasteiger partial charge on any atom is -0.463 e. The van der Waals surface area contributed by atoms with Gasteiger partial charge in [0.2, 0.25) is 0 Å². The van der Waals surface area contributed by atoms with E-state index in [1.807, 2.05) is 6.07 Å². The molecule has 0 spiro atoms. The van der Waals surface area contributed by atoms with E-state index in [1.165, 1.54) is 12.2 Å². The molecule has 0 heterocycles. The van der Waals surface area contributed by atoms with Gasteiger partial charge >= 0.3 is 11.9 Å². The zero-order valence-corrected chi connectivity index (χ0v) is 15.9. The number of hydrogen-bond acceptors (Lipinski definition) is 6. The lowest BCUT2D eigenvalue weighted by atomic mass is 10.1. The summed E-state index contributed by atoms with van der Waals surface area (Å²) in [7, 11) is 0. The third-order valence-electron chi connectivity index (χ3n) is 2.56. The molecule has 6 nitrogen and oxygen atoms in total. The lowest BCUT2D eigenvalue weighted by Gasteiger charge is -2.17. The van der Waals surface area contributed by atoms with Crippen LogP contribution in [0.1, 0.15) is 50.5 Å². The summed E-state index contributed by atoms with van der Waals surface area (Å²) in [5.74, 6) is -0.796. The molecule has 2 N–H and O–H groups in total. The molecule has 0 radical (unpaired) electrons. The van der Waals surface area contributed by atoms with Crippen molar-refractivity contribution in [3.63, 3.8) is 0 Å². The number of rotatable bonds is 5. The van der Waals surface area contributed by atoms with Crippen LogP contribution >= 0.6 is 0 Å². The Morgan fingerprint density at radius 2 is 1.69 bits per heavy atom. The molecule has 26 heavy (non-hydrogen) atoms. The van der Waals surface area contributed by atoms with E-state index < -0.39 is 11.6 Å². The Balaban J connectivity index is 0.000000590. The normalized spacial score (nSPS) is 11.3. The van der Waals surface area contributed by atoms with E-state index in [2.05, 4.69) is 4.74 Å². The number of hydrogen-bond donors (Lipinski definition) is 1. The molecule has 0 saturated carbocycles. The van der Waals surface area contributed by atoms with Gasteiger partial charge in [0.1, 0.15) is 5.60 Å². The standard InChI is InChI=1S/C14H16O3.C6H11NO2/c1-14(2,3)17-13(16)9-8-11-6-4-5-7-12(11)10-15;1-3-9-6(8)4-5(2)7/h4-10H,1-3H3;4H,3,7H2,1-2H3/b9-8+;5-4-. The van der Waals surface area contributed by atoms with E-state index in [-0.39, 0.29) is 5.97 Å². The molecule has 0 aliphatic carbocycles. The molecule has 142 valence electrons. The molecule has 1 aromatic rings. The van der Waals surface area contributed by atoms with Crippen LogP contribution in [0.25, 0.3) is 6.08 Å². The van der Waals surface area contributed by atoms with Crippen molar-refractivity contribution in [2.24, 2.45) is 5.73 Å². The van der Waals surface area contributed by atoms with Crippen LogP contribution in [0.15, 0.2) is 42.1 Å². The second kappa shape index (κ2) is 11.6. The van der Waals surface area contributed by atoms with Crippen LogP contribution < -0.4 is 5.73 Å². The molecule has 0 aromatic heterocycles. The maximum absolute atomic E-state index is 11.4. The quantitative estimate of drug-likeness (QED) is 0.491. The van der Waals surface area contributed by atoms with E-state index in [4.69, 9.17) is 10.5 Å². The van der Waals surface area contributed by atoms with Crippen LogP contribution in [0.3, 0.4) is 0 Å². The maximum atomic E-state index is 11.4. The van der Waals surface area contributed by atoms with Crippen LogP contribution in [-0.2, 0) is 19.1 Å². The molecule has 0 fully saturated rings. The summed E-state index contributed by atoms with van der Waals surface area (Å²) in [6.07, 6.45) is 4.92. The first-order valence-corrected chi connectivity index (χ1v) is 8.14. The Morgan fingerprint density at radius 3 is 2.15 bits per heavy atom. The number of esters is 2. The zero-order valence-electron chi connectivity index (χ0n) is 15.9. The fraction of sp³-hybridized carbons (Fsp3) is 0.350. The largest absolute Gasteiger partial charge is 0.463 e. The van der Waals surface area contributed by atoms with Gasteiger partial charge in [0.15, 0.2) is 6.29 Å². The highest BCUT2D eigenvalue weighted by Gasteiger charge is 2.13. The molecule has 0 unspecified atom stereocenters. The van der Waals surface area contributed by atoms with Gasteiger partial charge in [-0.15, -0.1) is 0 Å². The SMILES string of the molecule is CC(C)(C)OC(=O)/C=C/c1ccccc1C=O.CCOC(=O)/C=C(/C)N. The summed E-state index contributed by atoms with van der Waals surface area (Å²) in [5, 5.41) is 0. The first-order valence-electron chi connectivity index (χ1n) is 8.14. The molecule has 6 heteroatoms. The average Bonchev–Trinajstić information content (AvgIpc) is 2.51. The summed E-state index contributed by atoms with van der Waals surface area (Å²) in [6.45, 7) is 9.19. The molecule has 0 aliphatic rings. The first kappa shape index (κ1) is 23.1. The number of benzene rings is 1. The second-order valence-corrected chi connectivity index (χ2v) is 6.25. The van der Waals surface area contributed by atoms with Crippen LogP contribution in [0.4, 0.5) is 0 Å². The molecule has 1 aromatic carbocycles. The molecule has 0 bridgehead atoms. The molecule has 1 rings (SSSR count). The van der Waals surface area contributed by atoms with Crippen LogP contribution in [0, 0.1) is 0 Å². The van der Waals surface area contributed by atoms with Crippen molar-refractivity contribution >= 4 is 24.3 Å². The van der Waals surface area contributed by atoms with Gasteiger partial charge in [-0.2, -0.15) is 0 Å². The lowest BCUT2D eigenvalue weighted by molar-refractivity contribution is -0.148. The van der Waals surface area contributed by atoms with Crippen molar-refractivity contribution in [3.8, 4) is 0 Å². The predicted molar refractivity (Wildman–Crippen MR) is 101 cm³/mol. The fourth-order valence-corrected chi connectivity index (χ4v) is 1.63.